The molecule has 4 aliphatic heterocycles. The lowest BCUT2D eigenvalue weighted by Gasteiger charge is -2.47. The van der Waals surface area contributed by atoms with Crippen LogP contribution in [0.4, 0.5) is 0 Å². The zero-order chi connectivity index (χ0) is 51.6. The fourth-order valence-electron chi connectivity index (χ4n) is 11.2. The summed E-state index contributed by atoms with van der Waals surface area (Å²) < 4.78 is 35.8. The summed E-state index contributed by atoms with van der Waals surface area (Å²) >= 11 is 3.40. The molecule has 5 aliphatic rings. The molecule has 6 rings (SSSR count). The molecule has 4 heterocycles. The monoisotopic (exact) mass is 1030 g/mol. The summed E-state index contributed by atoms with van der Waals surface area (Å²) in [5.41, 5.74) is 2.85. The van der Waals surface area contributed by atoms with Gasteiger partial charge in [-0.3, -0.25) is 19.2 Å². The minimum absolute atomic E-state index is 0.00224. The second-order valence-electron chi connectivity index (χ2n) is 20.8. The number of aliphatic hydroxyl groups excluding tert-OH is 1. The number of ketones is 2. The topological polar surface area (TPSA) is 184 Å². The largest absolute Gasteiger partial charge is 0.465 e. The average Bonchev–Trinajstić information content (AvgIpc) is 3.77. The van der Waals surface area contributed by atoms with E-state index >= 15 is 0 Å². The van der Waals surface area contributed by atoms with Gasteiger partial charge in [0, 0.05) is 74.4 Å². The molecular weight excluding hydrogens is 947 g/mol. The molecule has 0 spiro atoms. The number of rotatable bonds is 12. The maximum atomic E-state index is 14.6. The van der Waals surface area contributed by atoms with Crippen LogP contribution in [0.3, 0.4) is 0 Å². The first-order valence-corrected chi connectivity index (χ1v) is 27.6. The van der Waals surface area contributed by atoms with Gasteiger partial charge in [-0.2, -0.15) is 11.8 Å². The van der Waals surface area contributed by atoms with Crippen molar-refractivity contribution in [3.8, 4) is 0 Å². The number of amides is 1. The third-order valence-electron chi connectivity index (χ3n) is 15.4. The number of Topliss-reactive ketones (excluding diaryl/α,β-unsaturated/α-hetero) is 2. The Morgan fingerprint density at radius 2 is 1.61 bits per heavy atom. The van der Waals surface area contributed by atoms with Crippen molar-refractivity contribution in [1.29, 1.82) is 0 Å². The Bertz CT molecular complexity index is 2080. The van der Waals surface area contributed by atoms with Gasteiger partial charge in [0.1, 0.15) is 29.3 Å². The molecule has 3 unspecified atom stereocenters. The van der Waals surface area contributed by atoms with Crippen molar-refractivity contribution in [2.24, 2.45) is 29.6 Å². The van der Waals surface area contributed by atoms with Crippen LogP contribution in [0.15, 0.2) is 65.1 Å². The summed E-state index contributed by atoms with van der Waals surface area (Å²) in [4.78, 5) is 71.8. The van der Waals surface area contributed by atoms with E-state index in [-0.39, 0.29) is 66.0 Å². The van der Waals surface area contributed by atoms with Crippen molar-refractivity contribution in [2.45, 2.75) is 181 Å². The first kappa shape index (κ1) is 56.9. The number of methoxy groups -OCH3 is 3. The summed E-state index contributed by atoms with van der Waals surface area (Å²) in [6, 6.07) is 7.19. The molecule has 1 amide bonds. The molecule has 1 aromatic rings. The highest BCUT2D eigenvalue weighted by molar-refractivity contribution is 8.00. The van der Waals surface area contributed by atoms with Gasteiger partial charge in [0.15, 0.2) is 0 Å². The molecule has 15 atom stereocenters. The molecule has 1 saturated carbocycles. The van der Waals surface area contributed by atoms with E-state index in [1.165, 1.54) is 24.7 Å². The zero-order valence-electron chi connectivity index (χ0n) is 43.1. The van der Waals surface area contributed by atoms with E-state index in [0.717, 1.165) is 41.9 Å². The van der Waals surface area contributed by atoms with E-state index in [1.807, 2.05) is 38.6 Å². The molecule has 3 saturated heterocycles. The lowest BCUT2D eigenvalue weighted by atomic mass is 9.82. The Morgan fingerprint density at radius 1 is 0.901 bits per heavy atom. The highest BCUT2D eigenvalue weighted by Crippen LogP contribution is 2.41. The van der Waals surface area contributed by atoms with Crippen molar-refractivity contribution in [2.75, 3.05) is 34.5 Å². The van der Waals surface area contributed by atoms with E-state index < -0.39 is 77.8 Å². The Labute approximate surface area is 429 Å². The van der Waals surface area contributed by atoms with Crippen LogP contribution in [0.25, 0.3) is 0 Å². The third-order valence-corrected chi connectivity index (χ3v) is 18.1. The Balaban J connectivity index is 1.25. The van der Waals surface area contributed by atoms with Gasteiger partial charge in [0.05, 0.1) is 31.0 Å². The van der Waals surface area contributed by atoms with Gasteiger partial charge in [0.25, 0.3) is 11.7 Å². The van der Waals surface area contributed by atoms with Crippen LogP contribution >= 0.6 is 23.5 Å². The summed E-state index contributed by atoms with van der Waals surface area (Å²) in [6.45, 7) is 13.8. The zero-order valence-corrected chi connectivity index (χ0v) is 44.7. The number of nitrogens with zero attached hydrogens (tertiary/aromatic N) is 1. The first-order chi connectivity index (χ1) is 33.9. The molecule has 71 heavy (non-hydrogen) atoms. The molecule has 16 heteroatoms. The van der Waals surface area contributed by atoms with Crippen molar-refractivity contribution in [3.63, 3.8) is 0 Å². The van der Waals surface area contributed by atoms with Crippen molar-refractivity contribution in [1.82, 2.24) is 4.90 Å². The minimum atomic E-state index is -2.52. The van der Waals surface area contributed by atoms with Gasteiger partial charge >= 0.3 is 11.9 Å². The number of benzene rings is 1. The lowest BCUT2D eigenvalue weighted by molar-refractivity contribution is -0.302. The first-order valence-electron chi connectivity index (χ1n) is 25.7. The van der Waals surface area contributed by atoms with E-state index in [0.29, 0.717) is 44.3 Å². The van der Waals surface area contributed by atoms with Crippen LogP contribution < -0.4 is 0 Å². The molecule has 1 aliphatic carbocycles. The summed E-state index contributed by atoms with van der Waals surface area (Å²) in [5, 5.41) is 24.2. The van der Waals surface area contributed by atoms with Gasteiger partial charge in [-0.15, -0.1) is 18.3 Å². The number of cyclic esters (lactones) is 2. The number of hydrogen-bond donors (Lipinski definition) is 2. The molecule has 14 nitrogen and oxygen atoms in total. The SMILES string of the molecule is C=CC[C@@H]1/C=C(\C)C[C@H](C)C[C@H](OC)C2O[C@@](O)(C(=O)C(=O)N3CCCC[C@H]3C(=O)O[C@H](/C(C)=C/[C@@H]3CCC(SCc4ccc(SC5CCOC5=O)cc4)[C@H](OC)C3)[C@H](C)[C@@H](O)CC1=O)[C@H](C)C[C@@H]2OC. The molecule has 2 bridgehead atoms. The number of piperidine rings is 1. The third kappa shape index (κ3) is 14.3. The number of aliphatic hydroxyl groups is 2. The van der Waals surface area contributed by atoms with E-state index in [4.69, 9.17) is 28.4 Å². The van der Waals surface area contributed by atoms with Crippen LogP contribution in [0.5, 0.6) is 0 Å². The molecule has 1 aromatic carbocycles. The number of ether oxygens (including phenoxy) is 6. The fraction of sp³-hybridized carbons (Fsp3) is 0.691. The quantitative estimate of drug-likeness (QED) is 0.117. The summed E-state index contributed by atoms with van der Waals surface area (Å²) in [7, 11) is 4.80. The number of thioether (sulfide) groups is 2. The van der Waals surface area contributed by atoms with Crippen molar-refractivity contribution < 1.29 is 62.6 Å². The summed E-state index contributed by atoms with van der Waals surface area (Å²) in [5.74, 6) is -7.04. The van der Waals surface area contributed by atoms with Gasteiger partial charge in [0.2, 0.25) is 5.79 Å². The van der Waals surface area contributed by atoms with E-state index in [2.05, 4.69) is 36.9 Å². The smallest absolute Gasteiger partial charge is 0.329 e. The molecule has 4 fully saturated rings. The van der Waals surface area contributed by atoms with Crippen LogP contribution in [0.2, 0.25) is 0 Å². The van der Waals surface area contributed by atoms with Crippen molar-refractivity contribution in [3.05, 3.63) is 65.8 Å². The minimum Gasteiger partial charge on any atom is -0.465 e. The number of hydrogen-bond acceptors (Lipinski definition) is 15. The summed E-state index contributed by atoms with van der Waals surface area (Å²) in [6.07, 6.45) is 7.36. The van der Waals surface area contributed by atoms with Crippen LogP contribution in [-0.4, -0.2) is 138 Å². The Hall–Kier alpha value is -3.35. The predicted octanol–water partition coefficient (Wildman–Crippen LogP) is 7.99. The predicted molar refractivity (Wildman–Crippen MR) is 273 cm³/mol. The maximum Gasteiger partial charge on any atom is 0.329 e. The molecule has 0 radical (unpaired) electrons. The van der Waals surface area contributed by atoms with Gasteiger partial charge < -0.3 is 43.5 Å². The number of carbonyl (C=O) groups is 5. The van der Waals surface area contributed by atoms with Gasteiger partial charge in [-0.1, -0.05) is 56.7 Å². The lowest BCUT2D eigenvalue weighted by Crippen LogP contribution is -2.64. The molecule has 0 aromatic heterocycles. The molecular formula is C55H79NO13S2. The number of allylic oxidation sites excluding steroid dienone is 4. The van der Waals surface area contributed by atoms with Crippen LogP contribution in [0, 0.1) is 29.6 Å². The average molecular weight is 1030 g/mol. The fourth-order valence-corrected chi connectivity index (χ4v) is 13.6. The van der Waals surface area contributed by atoms with Gasteiger partial charge in [-0.25, -0.2) is 4.79 Å². The highest BCUT2D eigenvalue weighted by atomic mass is 32.2. The second-order valence-corrected chi connectivity index (χ2v) is 23.3. The highest BCUT2D eigenvalue weighted by Gasteiger charge is 2.56. The maximum absolute atomic E-state index is 14.6. The van der Waals surface area contributed by atoms with E-state index in [9.17, 15) is 34.2 Å². The number of fused-ring (bicyclic) bond motifs is 3. The van der Waals surface area contributed by atoms with E-state index in [1.54, 1.807) is 38.8 Å². The second kappa shape index (κ2) is 26.2. The number of esters is 2. The van der Waals surface area contributed by atoms with Crippen molar-refractivity contribution >= 4 is 52.9 Å². The van der Waals surface area contributed by atoms with Gasteiger partial charge in [-0.05, 0) is 113 Å². The van der Waals surface area contributed by atoms with Crippen LogP contribution in [0.1, 0.15) is 117 Å². The Morgan fingerprint density at radius 3 is 2.27 bits per heavy atom. The normalized spacial score (nSPS) is 37.3. The standard InChI is InChI=1S/C55H79NO13S2/c1-10-13-39-25-32(2)24-33(3)26-45(65-8)50-46(66-9)28-35(5)55(63,69-50)51(59)52(60)56-22-12-11-14-41(56)53(61)68-49(36(6)42(57)30-43(39)58)34(4)27-38-17-20-47(44(29-38)64-7)70-31-37-15-18-40(19-16-37)71-48-21-23-67-54(48)62/h10,15-16,18-19,25,27,33,35-36,38-39,41-42,44-50,57,63H,1,11-14,17,20-24,26,28-31H2,2-9H3/b32-25+,34-27+/t33-,35+,36+,38-,39+,41-,42-,44+,45-,46-,47?,48?,49+,50?,55+/m0/s1. The Kier molecular flexibility index (Phi) is 21.0. The van der Waals surface area contributed by atoms with Crippen LogP contribution in [-0.2, 0) is 58.1 Å². The molecule has 394 valence electrons. The number of carbonyl (C=O) groups excluding carboxylic acids is 5. The molecule has 2 N–H and O–H groups in total.